The number of aryl methyl sites for hydroxylation is 2. The zero-order valence-corrected chi connectivity index (χ0v) is 15.2. The molecule has 0 bridgehead atoms. The van der Waals surface area contributed by atoms with Gasteiger partial charge in [0, 0.05) is 30.2 Å². The van der Waals surface area contributed by atoms with E-state index in [1.165, 1.54) is 0 Å². The topological polar surface area (TPSA) is 96.4 Å². The number of hydrogen-bond donors (Lipinski definition) is 2. The Bertz CT molecular complexity index is 848. The summed E-state index contributed by atoms with van der Waals surface area (Å²) in [6.45, 7) is 5.69. The van der Waals surface area contributed by atoms with Gasteiger partial charge < -0.3 is 20.3 Å². The van der Waals surface area contributed by atoms with Crippen LogP contribution >= 0.6 is 0 Å². The molecule has 2 N–H and O–H groups in total. The third-order valence-electron chi connectivity index (χ3n) is 4.00. The number of anilines is 2. The van der Waals surface area contributed by atoms with Crippen molar-refractivity contribution >= 4 is 23.3 Å². The first-order valence-electron chi connectivity index (χ1n) is 8.28. The molecule has 0 fully saturated rings. The molecule has 0 spiro atoms. The summed E-state index contributed by atoms with van der Waals surface area (Å²) in [6, 6.07) is 6.65. The molecule has 3 amide bonds. The van der Waals surface area contributed by atoms with E-state index in [1.54, 1.807) is 37.1 Å². The van der Waals surface area contributed by atoms with Gasteiger partial charge in [0.2, 0.25) is 0 Å². The number of ether oxygens (including phenoxy) is 1. The summed E-state index contributed by atoms with van der Waals surface area (Å²) in [7, 11) is 1.70. The van der Waals surface area contributed by atoms with Crippen LogP contribution in [0.3, 0.4) is 0 Å². The normalized spacial score (nSPS) is 15.9. The van der Waals surface area contributed by atoms with Crippen molar-refractivity contribution in [1.82, 2.24) is 15.3 Å². The number of urea groups is 1. The van der Waals surface area contributed by atoms with Crippen LogP contribution in [0.25, 0.3) is 0 Å². The molecule has 2 heterocycles. The highest BCUT2D eigenvalue weighted by molar-refractivity contribution is 6.00. The predicted molar refractivity (Wildman–Crippen MR) is 97.3 cm³/mol. The van der Waals surface area contributed by atoms with Crippen molar-refractivity contribution in [2.75, 3.05) is 17.3 Å². The van der Waals surface area contributed by atoms with Crippen molar-refractivity contribution in [2.45, 2.75) is 33.4 Å². The highest BCUT2D eigenvalue weighted by Crippen LogP contribution is 2.35. The Morgan fingerprint density at radius 3 is 2.62 bits per heavy atom. The van der Waals surface area contributed by atoms with Crippen molar-refractivity contribution in [1.29, 1.82) is 0 Å². The van der Waals surface area contributed by atoms with Crippen LogP contribution in [0.2, 0.25) is 0 Å². The first-order valence-corrected chi connectivity index (χ1v) is 8.28. The minimum atomic E-state index is -0.557. The fourth-order valence-corrected chi connectivity index (χ4v) is 2.81. The average Bonchev–Trinajstić information content (AvgIpc) is 2.57. The van der Waals surface area contributed by atoms with Crippen molar-refractivity contribution < 1.29 is 14.3 Å². The molecule has 0 saturated heterocycles. The van der Waals surface area contributed by atoms with Crippen molar-refractivity contribution in [3.05, 3.63) is 41.5 Å². The molecule has 8 heteroatoms. The van der Waals surface area contributed by atoms with E-state index in [9.17, 15) is 9.59 Å². The zero-order chi connectivity index (χ0) is 18.8. The van der Waals surface area contributed by atoms with Crippen molar-refractivity contribution in [3.8, 4) is 5.75 Å². The summed E-state index contributed by atoms with van der Waals surface area (Å²) in [5.74, 6) is 1.000. The average molecular weight is 355 g/mol. The number of aromatic nitrogens is 2. The Labute approximate surface area is 151 Å². The highest BCUT2D eigenvalue weighted by atomic mass is 16.5. The van der Waals surface area contributed by atoms with Gasteiger partial charge in [0.15, 0.2) is 6.10 Å². The number of fused-ring (bicyclic) bond motifs is 1. The monoisotopic (exact) mass is 355 g/mol. The smallest absolute Gasteiger partial charge is 0.319 e. The van der Waals surface area contributed by atoms with E-state index < -0.39 is 6.10 Å². The van der Waals surface area contributed by atoms with Gasteiger partial charge in [-0.25, -0.2) is 14.8 Å². The third-order valence-corrected chi connectivity index (χ3v) is 4.00. The molecule has 1 aromatic carbocycles. The maximum absolute atomic E-state index is 12.1. The molecular weight excluding hydrogens is 334 g/mol. The van der Waals surface area contributed by atoms with Crippen LogP contribution in [0.1, 0.15) is 24.1 Å². The van der Waals surface area contributed by atoms with Gasteiger partial charge in [-0.2, -0.15) is 0 Å². The van der Waals surface area contributed by atoms with E-state index >= 15 is 0 Å². The lowest BCUT2D eigenvalue weighted by Crippen LogP contribution is -2.42. The summed E-state index contributed by atoms with van der Waals surface area (Å²) in [5, 5.41) is 5.47. The Morgan fingerprint density at radius 1 is 1.23 bits per heavy atom. The molecule has 136 valence electrons. The van der Waals surface area contributed by atoms with Crippen LogP contribution in [-0.2, 0) is 11.3 Å². The van der Waals surface area contributed by atoms with E-state index in [0.29, 0.717) is 22.9 Å². The fourth-order valence-electron chi connectivity index (χ4n) is 2.81. The summed E-state index contributed by atoms with van der Waals surface area (Å²) in [4.78, 5) is 34.2. The van der Waals surface area contributed by atoms with Crippen LogP contribution in [-0.4, -0.2) is 35.1 Å². The molecule has 1 aliphatic rings. The van der Waals surface area contributed by atoms with E-state index in [-0.39, 0.29) is 18.5 Å². The minimum absolute atomic E-state index is 0.107. The number of nitrogens with zero attached hydrogens (tertiary/aromatic N) is 3. The summed E-state index contributed by atoms with van der Waals surface area (Å²) in [6.07, 6.45) is -0.557. The lowest BCUT2D eigenvalue weighted by atomic mass is 10.2. The second-order valence-electron chi connectivity index (χ2n) is 6.21. The second kappa shape index (κ2) is 6.99. The maximum atomic E-state index is 12.1. The molecule has 3 rings (SSSR count). The van der Waals surface area contributed by atoms with Gasteiger partial charge in [0.1, 0.15) is 11.6 Å². The molecule has 26 heavy (non-hydrogen) atoms. The lowest BCUT2D eigenvalue weighted by molar-refractivity contribution is -0.125. The standard InChI is InChI=1S/C18H21N5O3/c1-10-7-11(2)21-16(20-10)9-19-18(25)22-13-5-6-14-15(8-13)26-12(3)17(24)23(14)4/h5-8,12H,9H2,1-4H3,(H2,19,22,25)/t12-/m0/s1. The molecule has 1 atom stereocenters. The number of amides is 3. The molecule has 0 saturated carbocycles. The molecule has 0 radical (unpaired) electrons. The maximum Gasteiger partial charge on any atom is 0.319 e. The molecular formula is C18H21N5O3. The van der Waals surface area contributed by atoms with Gasteiger partial charge in [-0.15, -0.1) is 0 Å². The van der Waals surface area contributed by atoms with E-state index in [0.717, 1.165) is 11.4 Å². The number of carbonyl (C=O) groups excluding carboxylic acids is 2. The van der Waals surface area contributed by atoms with Gasteiger partial charge in [-0.1, -0.05) is 0 Å². The molecule has 2 aromatic rings. The van der Waals surface area contributed by atoms with Gasteiger partial charge in [0.25, 0.3) is 5.91 Å². The Morgan fingerprint density at radius 2 is 1.92 bits per heavy atom. The molecule has 1 aromatic heterocycles. The molecule has 0 unspecified atom stereocenters. The lowest BCUT2D eigenvalue weighted by Gasteiger charge is -2.30. The summed E-state index contributed by atoms with van der Waals surface area (Å²) < 4.78 is 5.61. The van der Waals surface area contributed by atoms with Crippen LogP contribution in [0.5, 0.6) is 5.75 Å². The van der Waals surface area contributed by atoms with Crippen LogP contribution < -0.4 is 20.3 Å². The third kappa shape index (κ3) is 3.74. The van der Waals surface area contributed by atoms with Gasteiger partial charge in [-0.05, 0) is 39.0 Å². The zero-order valence-electron chi connectivity index (χ0n) is 15.2. The Hall–Kier alpha value is -3.16. The van der Waals surface area contributed by atoms with E-state index in [4.69, 9.17) is 4.74 Å². The highest BCUT2D eigenvalue weighted by Gasteiger charge is 2.28. The largest absolute Gasteiger partial charge is 0.479 e. The first kappa shape index (κ1) is 17.7. The molecule has 1 aliphatic heterocycles. The second-order valence-corrected chi connectivity index (χ2v) is 6.21. The number of likely N-dealkylation sites (N-methyl/N-ethyl adjacent to an activating group) is 1. The van der Waals surface area contributed by atoms with Crippen LogP contribution in [0.4, 0.5) is 16.2 Å². The SMILES string of the molecule is Cc1cc(C)nc(CNC(=O)Nc2ccc3c(c2)O[C@@H](C)C(=O)N3C)n1. The van der Waals surface area contributed by atoms with Gasteiger partial charge >= 0.3 is 6.03 Å². The van der Waals surface area contributed by atoms with E-state index in [1.807, 2.05) is 19.9 Å². The van der Waals surface area contributed by atoms with E-state index in [2.05, 4.69) is 20.6 Å². The van der Waals surface area contributed by atoms with Gasteiger partial charge in [-0.3, -0.25) is 4.79 Å². The molecule has 0 aliphatic carbocycles. The Balaban J connectivity index is 1.65. The molecule has 8 nitrogen and oxygen atoms in total. The summed E-state index contributed by atoms with van der Waals surface area (Å²) in [5.41, 5.74) is 2.95. The fraction of sp³-hybridized carbons (Fsp3) is 0.333. The Kier molecular flexibility index (Phi) is 4.75. The van der Waals surface area contributed by atoms with Crippen LogP contribution in [0.15, 0.2) is 24.3 Å². The number of nitrogens with one attached hydrogen (secondary N) is 2. The van der Waals surface area contributed by atoms with Gasteiger partial charge in [0.05, 0.1) is 12.2 Å². The number of benzene rings is 1. The van der Waals surface area contributed by atoms with Crippen molar-refractivity contribution in [2.24, 2.45) is 0 Å². The number of carbonyl (C=O) groups is 2. The first-order chi connectivity index (χ1) is 12.3. The summed E-state index contributed by atoms with van der Waals surface area (Å²) >= 11 is 0. The number of rotatable bonds is 3. The van der Waals surface area contributed by atoms with Crippen molar-refractivity contribution in [3.63, 3.8) is 0 Å². The van der Waals surface area contributed by atoms with Crippen LogP contribution in [0, 0.1) is 13.8 Å². The predicted octanol–water partition coefficient (Wildman–Crippen LogP) is 2.16. The quantitative estimate of drug-likeness (QED) is 0.879. The number of hydrogen-bond acceptors (Lipinski definition) is 5. The minimum Gasteiger partial charge on any atom is -0.479 e.